The van der Waals surface area contributed by atoms with Crippen LogP contribution < -0.4 is 4.72 Å². The summed E-state index contributed by atoms with van der Waals surface area (Å²) in [5.41, 5.74) is 0.0857. The Morgan fingerprint density at radius 2 is 2.00 bits per heavy atom. The summed E-state index contributed by atoms with van der Waals surface area (Å²) in [6, 6.07) is 3.21. The van der Waals surface area contributed by atoms with Gasteiger partial charge in [-0.3, -0.25) is 0 Å². The van der Waals surface area contributed by atoms with Gasteiger partial charge in [0, 0.05) is 11.4 Å². The standard InChI is InChI=1S/C13H21NO3S2/c1-13(7-3-2-4-8-13)10-14-19(16,17)12-6-5-11(9-15)18-12/h5-6,14-15H,2-4,7-10H2,1H3. The van der Waals surface area contributed by atoms with Crippen molar-refractivity contribution in [1.29, 1.82) is 0 Å². The zero-order chi connectivity index (χ0) is 13.9. The van der Waals surface area contributed by atoms with Crippen LogP contribution in [0.15, 0.2) is 16.3 Å². The topological polar surface area (TPSA) is 66.4 Å². The Bertz CT molecular complexity index is 516. The van der Waals surface area contributed by atoms with Gasteiger partial charge >= 0.3 is 0 Å². The minimum Gasteiger partial charge on any atom is -0.391 e. The zero-order valence-corrected chi connectivity index (χ0v) is 12.8. The van der Waals surface area contributed by atoms with Crippen molar-refractivity contribution in [3.8, 4) is 0 Å². The maximum absolute atomic E-state index is 12.2. The number of rotatable bonds is 5. The van der Waals surface area contributed by atoms with Gasteiger partial charge in [0.15, 0.2) is 0 Å². The lowest BCUT2D eigenvalue weighted by Crippen LogP contribution is -2.36. The Morgan fingerprint density at radius 3 is 2.58 bits per heavy atom. The lowest BCUT2D eigenvalue weighted by atomic mass is 9.76. The highest BCUT2D eigenvalue weighted by atomic mass is 32.2. The van der Waals surface area contributed by atoms with Crippen molar-refractivity contribution in [3.63, 3.8) is 0 Å². The van der Waals surface area contributed by atoms with Crippen LogP contribution in [-0.2, 0) is 16.6 Å². The third-order valence-electron chi connectivity index (χ3n) is 3.81. The van der Waals surface area contributed by atoms with Crippen LogP contribution in [0.4, 0.5) is 0 Å². The molecule has 4 nitrogen and oxygen atoms in total. The van der Waals surface area contributed by atoms with Crippen LogP contribution in [0.2, 0.25) is 0 Å². The van der Waals surface area contributed by atoms with E-state index >= 15 is 0 Å². The number of hydrogen-bond acceptors (Lipinski definition) is 4. The van der Waals surface area contributed by atoms with Gasteiger partial charge in [-0.05, 0) is 30.4 Å². The van der Waals surface area contributed by atoms with Crippen LogP contribution in [0.3, 0.4) is 0 Å². The third kappa shape index (κ3) is 3.78. The van der Waals surface area contributed by atoms with Crippen molar-refractivity contribution >= 4 is 21.4 Å². The molecule has 1 aliphatic carbocycles. The molecule has 1 aromatic heterocycles. The third-order valence-corrected chi connectivity index (χ3v) is 6.77. The van der Waals surface area contributed by atoms with Crippen molar-refractivity contribution in [2.24, 2.45) is 5.41 Å². The number of sulfonamides is 1. The van der Waals surface area contributed by atoms with Crippen LogP contribution in [0, 0.1) is 5.41 Å². The van der Waals surface area contributed by atoms with E-state index in [1.54, 1.807) is 12.1 Å². The minimum atomic E-state index is -3.43. The summed E-state index contributed by atoms with van der Waals surface area (Å²) in [6.45, 7) is 2.54. The van der Waals surface area contributed by atoms with Gasteiger partial charge < -0.3 is 5.11 Å². The van der Waals surface area contributed by atoms with Gasteiger partial charge in [0.1, 0.15) is 4.21 Å². The number of thiophene rings is 1. The Balaban J connectivity index is 2.01. The van der Waals surface area contributed by atoms with Crippen molar-refractivity contribution in [3.05, 3.63) is 17.0 Å². The molecule has 1 aliphatic rings. The van der Waals surface area contributed by atoms with E-state index in [4.69, 9.17) is 5.11 Å². The van der Waals surface area contributed by atoms with Crippen LogP contribution in [0.5, 0.6) is 0 Å². The number of nitrogens with one attached hydrogen (secondary N) is 1. The van der Waals surface area contributed by atoms with Crippen LogP contribution in [0.25, 0.3) is 0 Å². The first-order valence-corrected chi connectivity index (χ1v) is 8.94. The van der Waals surface area contributed by atoms with Crippen LogP contribution in [0.1, 0.15) is 43.9 Å². The Kier molecular flexibility index (Phi) is 4.66. The van der Waals surface area contributed by atoms with E-state index in [-0.39, 0.29) is 16.2 Å². The molecule has 6 heteroatoms. The lowest BCUT2D eigenvalue weighted by Gasteiger charge is -2.33. The highest BCUT2D eigenvalue weighted by molar-refractivity contribution is 7.91. The molecule has 0 aliphatic heterocycles. The maximum Gasteiger partial charge on any atom is 0.250 e. The molecule has 0 spiro atoms. The van der Waals surface area contributed by atoms with E-state index in [0.29, 0.717) is 11.4 Å². The maximum atomic E-state index is 12.2. The summed E-state index contributed by atoms with van der Waals surface area (Å²) in [5, 5.41) is 8.99. The average molecular weight is 303 g/mol. The fraction of sp³-hybridized carbons (Fsp3) is 0.692. The van der Waals surface area contributed by atoms with Crippen molar-refractivity contribution in [1.82, 2.24) is 4.72 Å². The molecule has 1 saturated carbocycles. The molecule has 0 aromatic carbocycles. The SMILES string of the molecule is CC1(CNS(=O)(=O)c2ccc(CO)s2)CCCCC1. The van der Waals surface area contributed by atoms with Gasteiger partial charge in [-0.2, -0.15) is 0 Å². The zero-order valence-electron chi connectivity index (χ0n) is 11.2. The Hall–Kier alpha value is -0.430. The minimum absolute atomic E-state index is 0.0857. The predicted molar refractivity (Wildman–Crippen MR) is 76.6 cm³/mol. The summed E-state index contributed by atoms with van der Waals surface area (Å²) in [6.07, 6.45) is 5.80. The summed E-state index contributed by atoms with van der Waals surface area (Å²) in [5.74, 6) is 0. The summed E-state index contributed by atoms with van der Waals surface area (Å²) < 4.78 is 27.3. The Morgan fingerprint density at radius 1 is 1.32 bits per heavy atom. The number of hydrogen-bond donors (Lipinski definition) is 2. The lowest BCUT2D eigenvalue weighted by molar-refractivity contribution is 0.219. The molecule has 0 bridgehead atoms. The Labute approximate surface area is 118 Å². The first-order valence-electron chi connectivity index (χ1n) is 6.64. The largest absolute Gasteiger partial charge is 0.391 e. The second-order valence-corrected chi connectivity index (χ2v) is 8.74. The quantitative estimate of drug-likeness (QED) is 0.878. The first-order chi connectivity index (χ1) is 8.95. The van der Waals surface area contributed by atoms with E-state index in [1.807, 2.05) is 0 Å². The van der Waals surface area contributed by atoms with Crippen LogP contribution >= 0.6 is 11.3 Å². The molecule has 0 amide bonds. The smallest absolute Gasteiger partial charge is 0.250 e. The van der Waals surface area contributed by atoms with Crippen molar-refractivity contribution in [2.75, 3.05) is 6.54 Å². The molecule has 1 fully saturated rings. The van der Waals surface area contributed by atoms with E-state index in [2.05, 4.69) is 11.6 Å². The molecule has 19 heavy (non-hydrogen) atoms. The molecule has 0 unspecified atom stereocenters. The fourth-order valence-corrected chi connectivity index (χ4v) is 4.97. The van der Waals surface area contributed by atoms with Gasteiger partial charge in [-0.1, -0.05) is 26.2 Å². The molecule has 0 atom stereocenters. The first kappa shape index (κ1) is 15.0. The normalized spacial score (nSPS) is 19.5. The van der Waals surface area contributed by atoms with E-state index in [9.17, 15) is 8.42 Å². The molecule has 0 saturated heterocycles. The van der Waals surface area contributed by atoms with E-state index in [0.717, 1.165) is 24.2 Å². The summed E-state index contributed by atoms with van der Waals surface area (Å²) in [4.78, 5) is 0.671. The van der Waals surface area contributed by atoms with Gasteiger partial charge in [-0.25, -0.2) is 13.1 Å². The molecule has 108 valence electrons. The van der Waals surface area contributed by atoms with E-state index in [1.165, 1.54) is 19.3 Å². The number of aliphatic hydroxyl groups excluding tert-OH is 1. The molecule has 2 N–H and O–H groups in total. The molecule has 1 heterocycles. The molecule has 2 rings (SSSR count). The van der Waals surface area contributed by atoms with Gasteiger partial charge in [0.2, 0.25) is 10.0 Å². The predicted octanol–water partition coefficient (Wildman–Crippen LogP) is 2.49. The van der Waals surface area contributed by atoms with Crippen molar-refractivity contribution in [2.45, 2.75) is 49.8 Å². The average Bonchev–Trinajstić information content (AvgIpc) is 2.87. The summed E-state index contributed by atoms with van der Waals surface area (Å²) in [7, 11) is -3.43. The van der Waals surface area contributed by atoms with Gasteiger partial charge in [0.05, 0.1) is 6.61 Å². The molecular weight excluding hydrogens is 282 g/mol. The highest BCUT2D eigenvalue weighted by Crippen LogP contribution is 2.35. The van der Waals surface area contributed by atoms with Gasteiger partial charge in [0.25, 0.3) is 0 Å². The number of aliphatic hydroxyl groups is 1. The molecule has 0 radical (unpaired) electrons. The monoisotopic (exact) mass is 303 g/mol. The summed E-state index contributed by atoms with van der Waals surface area (Å²) >= 11 is 1.12. The van der Waals surface area contributed by atoms with Crippen molar-refractivity contribution < 1.29 is 13.5 Å². The van der Waals surface area contributed by atoms with Crippen LogP contribution in [-0.4, -0.2) is 20.1 Å². The van der Waals surface area contributed by atoms with Gasteiger partial charge in [-0.15, -0.1) is 11.3 Å². The second-order valence-electron chi connectivity index (χ2n) is 5.57. The second kappa shape index (κ2) is 5.91. The van der Waals surface area contributed by atoms with E-state index < -0.39 is 10.0 Å². The fourth-order valence-electron chi connectivity index (χ4n) is 2.51. The molecular formula is C13H21NO3S2. The molecule has 1 aromatic rings. The highest BCUT2D eigenvalue weighted by Gasteiger charge is 2.29.